The maximum absolute atomic E-state index is 5.76. The van der Waals surface area contributed by atoms with Gasteiger partial charge in [0.25, 0.3) is 5.82 Å². The highest BCUT2D eigenvalue weighted by atomic mass is 15.0. The Bertz CT molecular complexity index is 256. The van der Waals surface area contributed by atoms with Crippen LogP contribution in [0.5, 0.6) is 0 Å². The number of nitrogens with two attached hydrogens (primary N) is 1. The molecule has 2 nitrogen and oxygen atoms in total. The molecule has 0 aliphatic heterocycles. The zero-order chi connectivity index (χ0) is 8.97. The molecule has 0 saturated carbocycles. The third-order valence-corrected chi connectivity index (χ3v) is 2.07. The van der Waals surface area contributed by atoms with Crippen LogP contribution in [0.1, 0.15) is 25.3 Å². The Kier molecular flexibility index (Phi) is 3.09. The van der Waals surface area contributed by atoms with Gasteiger partial charge in [-0.1, -0.05) is 13.3 Å². The van der Waals surface area contributed by atoms with Crippen molar-refractivity contribution in [1.29, 1.82) is 0 Å². The molecule has 0 saturated heterocycles. The largest absolute Gasteiger partial charge is 0.287 e. The van der Waals surface area contributed by atoms with Crippen LogP contribution in [0.4, 0.5) is 5.82 Å². The summed E-state index contributed by atoms with van der Waals surface area (Å²) < 4.78 is 1.93. The minimum atomic E-state index is 0.837. The first-order valence-corrected chi connectivity index (χ1v) is 4.48. The highest BCUT2D eigenvalue weighted by Gasteiger charge is 2.00. The smallest absolute Gasteiger partial charge is 0.272 e. The molecule has 0 aliphatic rings. The first-order chi connectivity index (χ1) is 5.74. The highest BCUT2D eigenvalue weighted by Crippen LogP contribution is 2.05. The Balaban J connectivity index is 2.69. The maximum Gasteiger partial charge on any atom is 0.272 e. The van der Waals surface area contributed by atoms with Crippen LogP contribution in [-0.2, 0) is 13.5 Å². The third kappa shape index (κ3) is 2.22. The van der Waals surface area contributed by atoms with Crippen molar-refractivity contribution in [2.45, 2.75) is 26.2 Å². The molecule has 0 atom stereocenters. The van der Waals surface area contributed by atoms with Crippen molar-refractivity contribution < 1.29 is 4.57 Å². The molecule has 0 bridgehead atoms. The lowest BCUT2D eigenvalue weighted by Crippen LogP contribution is -2.31. The van der Waals surface area contributed by atoms with Crippen molar-refractivity contribution in [3.05, 3.63) is 23.9 Å². The van der Waals surface area contributed by atoms with Crippen molar-refractivity contribution >= 4 is 5.82 Å². The van der Waals surface area contributed by atoms with Crippen LogP contribution in [0.3, 0.4) is 0 Å². The van der Waals surface area contributed by atoms with E-state index in [1.165, 1.54) is 18.4 Å². The first kappa shape index (κ1) is 9.04. The van der Waals surface area contributed by atoms with Crippen molar-refractivity contribution in [2.75, 3.05) is 5.73 Å². The van der Waals surface area contributed by atoms with Crippen LogP contribution < -0.4 is 10.3 Å². The number of rotatable bonds is 3. The standard InChI is InChI=1S/C10H16N2/c1-3-4-5-9-6-7-12(2)10(11)8-9/h6-8,11H,3-5H2,1-2H3/p+1. The molecule has 12 heavy (non-hydrogen) atoms. The van der Waals surface area contributed by atoms with E-state index in [9.17, 15) is 0 Å². The molecular formula is C10H17N2+. The molecule has 1 heterocycles. The molecule has 0 aromatic carbocycles. The molecule has 0 fully saturated rings. The second-order valence-corrected chi connectivity index (χ2v) is 3.17. The van der Waals surface area contributed by atoms with Crippen molar-refractivity contribution in [3.8, 4) is 0 Å². The minimum Gasteiger partial charge on any atom is -0.287 e. The lowest BCUT2D eigenvalue weighted by atomic mass is 10.1. The van der Waals surface area contributed by atoms with Crippen LogP contribution in [0.2, 0.25) is 0 Å². The fraction of sp³-hybridized carbons (Fsp3) is 0.500. The van der Waals surface area contributed by atoms with Crippen LogP contribution in [0.25, 0.3) is 0 Å². The summed E-state index contributed by atoms with van der Waals surface area (Å²) in [5.74, 6) is 0.837. The molecule has 0 unspecified atom stereocenters. The van der Waals surface area contributed by atoms with Gasteiger partial charge in [-0.25, -0.2) is 4.57 Å². The van der Waals surface area contributed by atoms with E-state index in [4.69, 9.17) is 5.73 Å². The minimum absolute atomic E-state index is 0.837. The zero-order valence-electron chi connectivity index (χ0n) is 7.88. The van der Waals surface area contributed by atoms with Gasteiger partial charge in [-0.05, 0) is 24.5 Å². The van der Waals surface area contributed by atoms with Gasteiger partial charge in [-0.2, -0.15) is 0 Å². The summed E-state index contributed by atoms with van der Waals surface area (Å²) in [4.78, 5) is 0. The van der Waals surface area contributed by atoms with Crippen molar-refractivity contribution in [3.63, 3.8) is 0 Å². The SMILES string of the molecule is CCCCc1cc[n+](C)c(N)c1. The van der Waals surface area contributed by atoms with E-state index >= 15 is 0 Å². The third-order valence-electron chi connectivity index (χ3n) is 2.07. The highest BCUT2D eigenvalue weighted by molar-refractivity contribution is 5.26. The molecule has 66 valence electrons. The monoisotopic (exact) mass is 165 g/mol. The van der Waals surface area contributed by atoms with Gasteiger partial charge in [0.15, 0.2) is 0 Å². The molecule has 0 aliphatic carbocycles. The van der Waals surface area contributed by atoms with E-state index in [-0.39, 0.29) is 0 Å². The number of hydrogen-bond acceptors (Lipinski definition) is 1. The van der Waals surface area contributed by atoms with Gasteiger partial charge in [0.05, 0.1) is 13.2 Å². The van der Waals surface area contributed by atoms with Crippen LogP contribution >= 0.6 is 0 Å². The van der Waals surface area contributed by atoms with E-state index in [2.05, 4.69) is 19.1 Å². The average molecular weight is 165 g/mol. The van der Waals surface area contributed by atoms with Gasteiger partial charge in [-0.15, -0.1) is 0 Å². The lowest BCUT2D eigenvalue weighted by molar-refractivity contribution is -0.656. The predicted octanol–water partition coefficient (Wildman–Crippen LogP) is 1.44. The Morgan fingerprint density at radius 2 is 2.25 bits per heavy atom. The quantitative estimate of drug-likeness (QED) is 0.675. The van der Waals surface area contributed by atoms with Crippen molar-refractivity contribution in [2.24, 2.45) is 7.05 Å². The summed E-state index contributed by atoms with van der Waals surface area (Å²) >= 11 is 0. The molecular weight excluding hydrogens is 148 g/mol. The Labute approximate surface area is 74.0 Å². The molecule has 0 spiro atoms. The second kappa shape index (κ2) is 4.10. The van der Waals surface area contributed by atoms with E-state index in [0.717, 1.165) is 12.2 Å². The molecule has 1 aromatic heterocycles. The van der Waals surface area contributed by atoms with E-state index in [0.29, 0.717) is 0 Å². The molecule has 2 N–H and O–H groups in total. The first-order valence-electron chi connectivity index (χ1n) is 4.48. The zero-order valence-corrected chi connectivity index (χ0v) is 7.88. The number of hydrogen-bond donors (Lipinski definition) is 1. The van der Waals surface area contributed by atoms with Gasteiger partial charge in [0.1, 0.15) is 0 Å². The van der Waals surface area contributed by atoms with Crippen molar-refractivity contribution in [1.82, 2.24) is 0 Å². The normalized spacial score (nSPS) is 10.2. The summed E-state index contributed by atoms with van der Waals surface area (Å²) in [6.45, 7) is 2.20. The Morgan fingerprint density at radius 1 is 1.50 bits per heavy atom. The Hall–Kier alpha value is -1.05. The molecule has 0 amide bonds. The molecule has 1 rings (SSSR count). The molecule has 0 radical (unpaired) electrons. The van der Waals surface area contributed by atoms with Gasteiger partial charge in [0, 0.05) is 6.07 Å². The second-order valence-electron chi connectivity index (χ2n) is 3.17. The summed E-state index contributed by atoms with van der Waals surface area (Å²) in [6.07, 6.45) is 5.63. The number of aryl methyl sites for hydroxylation is 2. The topological polar surface area (TPSA) is 29.9 Å². The predicted molar refractivity (Wildman–Crippen MR) is 50.6 cm³/mol. The van der Waals surface area contributed by atoms with Gasteiger partial charge < -0.3 is 0 Å². The number of aromatic nitrogens is 1. The van der Waals surface area contributed by atoms with Gasteiger partial charge in [0.2, 0.25) is 0 Å². The summed E-state index contributed by atoms with van der Waals surface area (Å²) in [5.41, 5.74) is 7.10. The van der Waals surface area contributed by atoms with Crippen LogP contribution in [0, 0.1) is 0 Å². The van der Waals surface area contributed by atoms with Gasteiger partial charge in [-0.3, -0.25) is 5.73 Å². The van der Waals surface area contributed by atoms with E-state index in [1.54, 1.807) is 0 Å². The number of unbranched alkanes of at least 4 members (excludes halogenated alkanes) is 1. The number of anilines is 1. The van der Waals surface area contributed by atoms with Gasteiger partial charge >= 0.3 is 0 Å². The lowest BCUT2D eigenvalue weighted by Gasteiger charge is -2.00. The summed E-state index contributed by atoms with van der Waals surface area (Å²) in [7, 11) is 1.96. The number of pyridine rings is 1. The average Bonchev–Trinajstić information content (AvgIpc) is 2.07. The molecule has 1 aromatic rings. The summed E-state index contributed by atoms with van der Waals surface area (Å²) in [5, 5.41) is 0. The Morgan fingerprint density at radius 3 is 2.83 bits per heavy atom. The fourth-order valence-electron chi connectivity index (χ4n) is 1.17. The fourth-order valence-corrected chi connectivity index (χ4v) is 1.17. The number of nitrogen functional groups attached to an aromatic ring is 1. The summed E-state index contributed by atoms with van der Waals surface area (Å²) in [6, 6.07) is 4.18. The molecule has 2 heteroatoms. The van der Waals surface area contributed by atoms with Crippen LogP contribution in [0.15, 0.2) is 18.3 Å². The maximum atomic E-state index is 5.76. The number of nitrogens with zero attached hydrogens (tertiary/aromatic N) is 1. The van der Waals surface area contributed by atoms with E-state index in [1.807, 2.05) is 17.8 Å². The van der Waals surface area contributed by atoms with Crippen LogP contribution in [-0.4, -0.2) is 0 Å². The van der Waals surface area contributed by atoms with E-state index < -0.39 is 0 Å².